The molecule has 7 heteroatoms. The number of aromatic nitrogens is 3. The molecule has 0 saturated carbocycles. The molecule has 5 nitrogen and oxygen atoms in total. The van der Waals surface area contributed by atoms with E-state index in [2.05, 4.69) is 26.7 Å². The molecule has 120 valence electrons. The third-order valence-corrected chi connectivity index (χ3v) is 4.75. The molecule has 4 rings (SSSR count). The van der Waals surface area contributed by atoms with Gasteiger partial charge in [0, 0.05) is 36.9 Å². The zero-order valence-electron chi connectivity index (χ0n) is 12.8. The van der Waals surface area contributed by atoms with Gasteiger partial charge in [-0.05, 0) is 29.6 Å². The summed E-state index contributed by atoms with van der Waals surface area (Å²) in [5, 5.41) is 5.38. The summed E-state index contributed by atoms with van der Waals surface area (Å²) in [6.07, 6.45) is 5.56. The molecule has 1 aromatic carbocycles. The van der Waals surface area contributed by atoms with Crippen molar-refractivity contribution in [2.75, 3.05) is 16.8 Å². The van der Waals surface area contributed by atoms with Gasteiger partial charge >= 0.3 is 0 Å². The monoisotopic (exact) mass is 355 g/mol. The molecule has 0 spiro atoms. The Bertz CT molecular complexity index is 978. The van der Waals surface area contributed by atoms with Crippen LogP contribution in [0.2, 0.25) is 0 Å². The highest BCUT2D eigenvalue weighted by Crippen LogP contribution is 2.28. The van der Waals surface area contributed by atoms with Crippen molar-refractivity contribution in [1.82, 2.24) is 14.4 Å². The molecule has 0 aliphatic rings. The molecule has 4 aromatic rings. The number of anilines is 3. The first-order chi connectivity index (χ1) is 11.7. The molecule has 0 radical (unpaired) electrons. The van der Waals surface area contributed by atoms with E-state index in [4.69, 9.17) is 11.8 Å². The number of imidazole rings is 1. The van der Waals surface area contributed by atoms with Gasteiger partial charge in [-0.15, -0.1) is 11.3 Å². The van der Waals surface area contributed by atoms with Crippen molar-refractivity contribution in [2.45, 2.75) is 0 Å². The normalized spacial score (nSPS) is 10.9. The first-order valence-corrected chi connectivity index (χ1v) is 8.57. The van der Waals surface area contributed by atoms with Gasteiger partial charge in [-0.1, -0.05) is 12.1 Å². The molecule has 0 aliphatic heterocycles. The summed E-state index contributed by atoms with van der Waals surface area (Å²) < 4.78 is 3.59. The molecule has 0 amide bonds. The van der Waals surface area contributed by atoms with Crippen LogP contribution in [0.3, 0.4) is 0 Å². The Labute approximate surface area is 148 Å². The van der Waals surface area contributed by atoms with Crippen LogP contribution in [-0.2, 0) is 0 Å². The minimum absolute atomic E-state index is 0.703. The maximum Gasteiger partial charge on any atom is 0.180 e. The second-order valence-corrected chi connectivity index (χ2v) is 6.70. The number of rotatable bonds is 4. The lowest BCUT2D eigenvalue weighted by molar-refractivity contribution is 1.13. The van der Waals surface area contributed by atoms with Gasteiger partial charge in [-0.25, -0.2) is 9.97 Å². The van der Waals surface area contributed by atoms with Crippen molar-refractivity contribution >= 4 is 46.0 Å². The van der Waals surface area contributed by atoms with Crippen LogP contribution in [-0.4, -0.2) is 21.4 Å². The van der Waals surface area contributed by atoms with E-state index >= 15 is 0 Å². The molecule has 3 aromatic heterocycles. The zero-order valence-corrected chi connectivity index (χ0v) is 14.4. The van der Waals surface area contributed by atoms with Gasteiger partial charge in [0.2, 0.25) is 0 Å². The van der Waals surface area contributed by atoms with Gasteiger partial charge in [-0.3, -0.25) is 8.82 Å². The highest BCUT2D eigenvalue weighted by Gasteiger charge is 2.11. The van der Waals surface area contributed by atoms with Crippen LogP contribution >= 0.6 is 23.1 Å². The second-order valence-electron chi connectivity index (χ2n) is 5.24. The van der Waals surface area contributed by atoms with Gasteiger partial charge in [0.25, 0.3) is 0 Å². The van der Waals surface area contributed by atoms with Gasteiger partial charge in [-0.2, -0.15) is 0 Å². The SMILES string of the molecule is CN(Cl)c1cccc(Nc2nccn3c(-c4cccs4)cnc23)c1. The molecule has 0 saturated heterocycles. The third kappa shape index (κ3) is 2.70. The van der Waals surface area contributed by atoms with Crippen molar-refractivity contribution in [3.63, 3.8) is 0 Å². The number of thiophene rings is 1. The van der Waals surface area contributed by atoms with E-state index in [-0.39, 0.29) is 0 Å². The number of fused-ring (bicyclic) bond motifs is 1. The predicted molar refractivity (Wildman–Crippen MR) is 100 cm³/mol. The Morgan fingerprint density at radius 3 is 2.92 bits per heavy atom. The first kappa shape index (κ1) is 15.0. The fraction of sp³-hybridized carbons (Fsp3) is 0.0588. The van der Waals surface area contributed by atoms with Gasteiger partial charge in [0.05, 0.1) is 22.5 Å². The summed E-state index contributed by atoms with van der Waals surface area (Å²) >= 11 is 7.70. The standard InChI is InChI=1S/C17H14ClN5S/c1-22(18)13-5-2-4-12(10-13)21-16-17-20-11-14(15-6-3-9-24-15)23(17)8-7-19-16/h2-11H,1H3,(H,19,21). The van der Waals surface area contributed by atoms with Gasteiger partial charge in [0.1, 0.15) is 0 Å². The Kier molecular flexibility index (Phi) is 3.84. The van der Waals surface area contributed by atoms with Crippen LogP contribution in [0.25, 0.3) is 16.2 Å². The summed E-state index contributed by atoms with van der Waals surface area (Å²) in [6, 6.07) is 11.9. The Balaban J connectivity index is 1.74. The van der Waals surface area contributed by atoms with Crippen molar-refractivity contribution in [3.8, 4) is 10.6 Å². The third-order valence-electron chi connectivity index (χ3n) is 3.67. The fourth-order valence-corrected chi connectivity index (χ4v) is 3.36. The molecule has 24 heavy (non-hydrogen) atoms. The number of hydrogen-bond donors (Lipinski definition) is 1. The van der Waals surface area contributed by atoms with E-state index < -0.39 is 0 Å². The summed E-state index contributed by atoms with van der Waals surface area (Å²) in [5.41, 5.74) is 3.64. The van der Waals surface area contributed by atoms with Crippen LogP contribution in [0, 0.1) is 0 Å². The maximum absolute atomic E-state index is 6.01. The Morgan fingerprint density at radius 2 is 2.12 bits per heavy atom. The molecule has 0 aliphatic carbocycles. The molecule has 3 heterocycles. The second kappa shape index (κ2) is 6.14. The summed E-state index contributed by atoms with van der Waals surface area (Å²) in [7, 11) is 1.79. The fourth-order valence-electron chi connectivity index (χ4n) is 2.53. The minimum Gasteiger partial charge on any atom is -0.337 e. The largest absolute Gasteiger partial charge is 0.337 e. The van der Waals surface area contributed by atoms with Crippen LogP contribution in [0.4, 0.5) is 17.2 Å². The molecule has 0 unspecified atom stereocenters. The highest BCUT2D eigenvalue weighted by atomic mass is 35.5. The molecular weight excluding hydrogens is 342 g/mol. The Morgan fingerprint density at radius 1 is 1.21 bits per heavy atom. The average Bonchev–Trinajstić information content (AvgIpc) is 3.24. The number of benzene rings is 1. The molecule has 0 fully saturated rings. The van der Waals surface area contributed by atoms with E-state index in [1.165, 1.54) is 4.88 Å². The minimum atomic E-state index is 0.703. The quantitative estimate of drug-likeness (QED) is 0.534. The zero-order chi connectivity index (χ0) is 16.5. The highest BCUT2D eigenvalue weighted by molar-refractivity contribution is 7.13. The summed E-state index contributed by atoms with van der Waals surface area (Å²) in [5.74, 6) is 0.703. The van der Waals surface area contributed by atoms with Crippen LogP contribution in [0.1, 0.15) is 0 Å². The van der Waals surface area contributed by atoms with Crippen molar-refractivity contribution in [2.24, 2.45) is 0 Å². The van der Waals surface area contributed by atoms with Gasteiger partial charge in [0.15, 0.2) is 11.5 Å². The van der Waals surface area contributed by atoms with E-state index in [9.17, 15) is 0 Å². The number of hydrogen-bond acceptors (Lipinski definition) is 5. The molecular formula is C17H14ClN5S. The smallest absolute Gasteiger partial charge is 0.180 e. The maximum atomic E-state index is 6.01. The number of nitrogens with zero attached hydrogens (tertiary/aromatic N) is 4. The molecule has 0 atom stereocenters. The summed E-state index contributed by atoms with van der Waals surface area (Å²) in [6.45, 7) is 0. The lowest BCUT2D eigenvalue weighted by Crippen LogP contribution is -2.02. The molecule has 1 N–H and O–H groups in total. The summed E-state index contributed by atoms with van der Waals surface area (Å²) in [4.78, 5) is 10.1. The van der Waals surface area contributed by atoms with Crippen molar-refractivity contribution in [1.29, 1.82) is 0 Å². The van der Waals surface area contributed by atoms with E-state index in [0.29, 0.717) is 5.82 Å². The van der Waals surface area contributed by atoms with E-state index in [1.54, 1.807) is 29.0 Å². The Hall–Kier alpha value is -2.57. The number of nitrogens with one attached hydrogen (secondary N) is 1. The van der Waals surface area contributed by atoms with E-state index in [1.807, 2.05) is 47.1 Å². The lowest BCUT2D eigenvalue weighted by atomic mass is 10.3. The number of halogens is 1. The van der Waals surface area contributed by atoms with Crippen LogP contribution in [0.15, 0.2) is 60.4 Å². The topological polar surface area (TPSA) is 45.5 Å². The first-order valence-electron chi connectivity index (χ1n) is 7.35. The average molecular weight is 356 g/mol. The van der Waals surface area contributed by atoms with Crippen molar-refractivity contribution in [3.05, 3.63) is 60.4 Å². The van der Waals surface area contributed by atoms with E-state index in [0.717, 1.165) is 22.7 Å². The van der Waals surface area contributed by atoms with Crippen LogP contribution < -0.4 is 9.74 Å². The lowest BCUT2D eigenvalue weighted by Gasteiger charge is -2.12. The molecule has 0 bridgehead atoms. The van der Waals surface area contributed by atoms with Gasteiger partial charge < -0.3 is 5.32 Å². The van der Waals surface area contributed by atoms with Crippen LogP contribution in [0.5, 0.6) is 0 Å². The predicted octanol–water partition coefficient (Wildman–Crippen LogP) is 4.79. The van der Waals surface area contributed by atoms with Crippen molar-refractivity contribution < 1.29 is 0 Å².